The monoisotopic (exact) mass is 945 g/mol. The highest BCUT2D eigenvalue weighted by Gasteiger charge is 2.38. The lowest BCUT2D eigenvalue weighted by molar-refractivity contribution is -0.138. The molecule has 69 heavy (non-hydrogen) atoms. The Morgan fingerprint density at radius 1 is 0.507 bits per heavy atom. The van der Waals surface area contributed by atoms with Crippen LogP contribution in [0, 0.1) is 5.92 Å². The molecular formula is C52H63N7O10. The van der Waals surface area contributed by atoms with Crippen molar-refractivity contribution in [1.29, 1.82) is 0 Å². The summed E-state index contributed by atoms with van der Waals surface area (Å²) < 4.78 is 0. The summed E-state index contributed by atoms with van der Waals surface area (Å²) in [5.74, 6) is -5.63. The molecule has 0 aliphatic heterocycles. The molecule has 5 aromatic rings. The van der Waals surface area contributed by atoms with Crippen LogP contribution in [0.25, 0.3) is 10.9 Å². The summed E-state index contributed by atoms with van der Waals surface area (Å²) in [5.41, 5.74) is 3.65. The van der Waals surface area contributed by atoms with Crippen molar-refractivity contribution in [2.75, 3.05) is 0 Å². The number of benzene rings is 4. The summed E-state index contributed by atoms with van der Waals surface area (Å²) >= 11 is 0. The molecule has 0 unspecified atom stereocenters. The van der Waals surface area contributed by atoms with Crippen LogP contribution in [0.1, 0.15) is 62.8 Å². The first-order valence-corrected chi connectivity index (χ1v) is 23.0. The number of aliphatic hydroxyl groups excluding tert-OH is 2. The molecule has 1 heterocycles. The van der Waals surface area contributed by atoms with Crippen LogP contribution >= 0.6 is 0 Å². The number of fused-ring (bicyclic) bond motifs is 1. The number of aromatic amines is 1. The minimum absolute atomic E-state index is 0.00605. The van der Waals surface area contributed by atoms with E-state index < -0.39 is 102 Å². The lowest BCUT2D eigenvalue weighted by Crippen LogP contribution is -2.62. The van der Waals surface area contributed by atoms with Gasteiger partial charge in [0.05, 0.1) is 12.1 Å². The predicted octanol–water partition coefficient (Wildman–Crippen LogP) is 2.63. The second-order valence-electron chi connectivity index (χ2n) is 17.6. The molecule has 0 saturated heterocycles. The number of aliphatic carboxylic acids is 1. The molecule has 4 aromatic carbocycles. The third-order valence-corrected chi connectivity index (χ3v) is 11.7. The van der Waals surface area contributed by atoms with Gasteiger partial charge in [-0.1, -0.05) is 123 Å². The average Bonchev–Trinajstić information content (AvgIpc) is 3.73. The second kappa shape index (κ2) is 25.7. The van der Waals surface area contributed by atoms with Crippen molar-refractivity contribution in [2.24, 2.45) is 5.92 Å². The number of carboxylic acid groups (broad SMARTS) is 1. The van der Waals surface area contributed by atoms with E-state index >= 15 is 0 Å². The molecule has 8 atom stereocenters. The highest BCUT2D eigenvalue weighted by Crippen LogP contribution is 2.21. The van der Waals surface area contributed by atoms with Gasteiger partial charge in [0, 0.05) is 50.2 Å². The Bertz CT molecular complexity index is 2500. The van der Waals surface area contributed by atoms with Crippen LogP contribution in [-0.2, 0) is 59.2 Å². The van der Waals surface area contributed by atoms with Crippen molar-refractivity contribution >= 4 is 52.3 Å². The molecule has 17 heteroatoms. The van der Waals surface area contributed by atoms with E-state index in [1.165, 1.54) is 13.8 Å². The molecule has 0 fully saturated rings. The molecule has 5 rings (SSSR count). The Morgan fingerprint density at radius 2 is 0.942 bits per heavy atom. The molecule has 17 nitrogen and oxygen atoms in total. The number of rotatable bonds is 25. The van der Waals surface area contributed by atoms with Crippen LogP contribution < -0.4 is 31.9 Å². The molecule has 0 spiro atoms. The molecular weight excluding hydrogens is 883 g/mol. The van der Waals surface area contributed by atoms with Crippen molar-refractivity contribution < 1.29 is 48.9 Å². The maximum Gasteiger partial charge on any atom is 0.303 e. The number of hydrogen-bond donors (Lipinski definition) is 10. The van der Waals surface area contributed by atoms with E-state index in [-0.39, 0.29) is 32.1 Å². The predicted molar refractivity (Wildman–Crippen MR) is 259 cm³/mol. The van der Waals surface area contributed by atoms with E-state index in [0.29, 0.717) is 16.7 Å². The van der Waals surface area contributed by atoms with Gasteiger partial charge in [-0.05, 0) is 53.5 Å². The molecule has 0 aliphatic carbocycles. The van der Waals surface area contributed by atoms with Gasteiger partial charge in [0.1, 0.15) is 36.4 Å². The maximum atomic E-state index is 14.4. The van der Waals surface area contributed by atoms with E-state index in [1.807, 2.05) is 24.3 Å². The number of aromatic nitrogens is 1. The average molecular weight is 946 g/mol. The van der Waals surface area contributed by atoms with Crippen LogP contribution in [0.4, 0.5) is 0 Å². The van der Waals surface area contributed by atoms with Crippen molar-refractivity contribution in [3.8, 4) is 0 Å². The van der Waals surface area contributed by atoms with Gasteiger partial charge < -0.3 is 52.2 Å². The number of carboxylic acids is 1. The number of carbonyl (C=O) groups is 7. The summed E-state index contributed by atoms with van der Waals surface area (Å²) in [4.78, 5) is 95.9. The van der Waals surface area contributed by atoms with E-state index in [4.69, 9.17) is 0 Å². The highest BCUT2D eigenvalue weighted by atomic mass is 16.4. The van der Waals surface area contributed by atoms with Crippen molar-refractivity contribution in [1.82, 2.24) is 36.9 Å². The molecule has 366 valence electrons. The zero-order valence-corrected chi connectivity index (χ0v) is 39.2. The fourth-order valence-corrected chi connectivity index (χ4v) is 8.16. The summed E-state index contributed by atoms with van der Waals surface area (Å²) in [6.07, 6.45) is -2.57. The summed E-state index contributed by atoms with van der Waals surface area (Å²) in [7, 11) is 0. The number of nitrogens with one attached hydrogen (secondary N) is 7. The van der Waals surface area contributed by atoms with Crippen LogP contribution in [0.3, 0.4) is 0 Å². The van der Waals surface area contributed by atoms with Gasteiger partial charge in [-0.3, -0.25) is 33.6 Å². The summed E-state index contributed by atoms with van der Waals surface area (Å²) in [5, 5.41) is 51.2. The van der Waals surface area contributed by atoms with Crippen LogP contribution in [0.15, 0.2) is 121 Å². The van der Waals surface area contributed by atoms with Crippen molar-refractivity contribution in [3.05, 3.63) is 144 Å². The van der Waals surface area contributed by atoms with Gasteiger partial charge >= 0.3 is 5.97 Å². The van der Waals surface area contributed by atoms with Crippen molar-refractivity contribution in [2.45, 2.75) is 115 Å². The molecule has 0 bridgehead atoms. The Balaban J connectivity index is 1.41. The van der Waals surface area contributed by atoms with E-state index in [1.54, 1.807) is 111 Å². The minimum Gasteiger partial charge on any atom is -0.481 e. The fraction of sp³-hybridized carbons (Fsp3) is 0.365. The zero-order chi connectivity index (χ0) is 50.0. The number of aliphatic hydroxyl groups is 2. The first kappa shape index (κ1) is 52.6. The number of H-pyrrole nitrogens is 1. The lowest BCUT2D eigenvalue weighted by Gasteiger charge is -2.35. The number of carbonyl (C=O) groups excluding carboxylic acids is 6. The summed E-state index contributed by atoms with van der Waals surface area (Å²) in [6.45, 7) is 5.98. The number of para-hydroxylation sites is 1. The van der Waals surface area contributed by atoms with E-state index in [9.17, 15) is 48.9 Å². The molecule has 6 amide bonds. The maximum absolute atomic E-state index is 14.4. The molecule has 0 aliphatic rings. The fourth-order valence-electron chi connectivity index (χ4n) is 8.16. The SMILES string of the molecule is CC(=O)N[C@@H](Cc1ccccc1)C(=O)N[C@@H](CCC(=O)O)C(=O)N[C@@H](Cc1ccccc1)[C@H](O)[C@@H](O)[C@H](Cc1ccccc1)NC(=O)[C@@H](NC(=O)[C@H](Cc1c[nH]c2ccccc12)NC(C)=O)C(C)C. The van der Waals surface area contributed by atoms with Crippen LogP contribution in [0.5, 0.6) is 0 Å². The summed E-state index contributed by atoms with van der Waals surface area (Å²) in [6, 6.07) is 26.7. The third-order valence-electron chi connectivity index (χ3n) is 11.7. The van der Waals surface area contributed by atoms with E-state index in [0.717, 1.165) is 16.5 Å². The molecule has 0 radical (unpaired) electrons. The van der Waals surface area contributed by atoms with Gasteiger partial charge in [-0.25, -0.2) is 0 Å². The minimum atomic E-state index is -1.79. The Kier molecular flexibility index (Phi) is 19.6. The number of hydrogen-bond acceptors (Lipinski definition) is 9. The van der Waals surface area contributed by atoms with Gasteiger partial charge in [0.25, 0.3) is 0 Å². The smallest absolute Gasteiger partial charge is 0.303 e. The standard InChI is InChI=1S/C52H63N7O10/c1-31(2)46(59-51(68)44(55-33(4)61)29-37-30-53-39-23-15-14-22-38(37)39)52(69)58-42(27-35-18-10-6-11-19-35)48(65)47(64)41(26-34-16-8-5-9-17-34)57-49(66)40(24-25-45(62)63)56-50(67)43(54-32(3)60)28-36-20-12-7-13-21-36/h5-23,30-31,40-44,46-48,53,64-65H,24-29H2,1-4H3,(H,54,60)(H,55,61)(H,56,67)(H,57,66)(H,58,69)(H,59,68)(H,62,63)/t40-,41-,42-,43-,44-,46-,47-,48-/m0/s1. The van der Waals surface area contributed by atoms with Gasteiger partial charge in [-0.2, -0.15) is 0 Å². The first-order chi connectivity index (χ1) is 33.0. The van der Waals surface area contributed by atoms with Crippen LogP contribution in [0.2, 0.25) is 0 Å². The Labute approximate surface area is 401 Å². The highest BCUT2D eigenvalue weighted by molar-refractivity contribution is 5.94. The van der Waals surface area contributed by atoms with Gasteiger partial charge in [0.15, 0.2) is 0 Å². The van der Waals surface area contributed by atoms with E-state index in [2.05, 4.69) is 36.9 Å². The lowest BCUT2D eigenvalue weighted by atomic mass is 9.90. The Morgan fingerprint density at radius 3 is 1.43 bits per heavy atom. The first-order valence-electron chi connectivity index (χ1n) is 23.0. The Hall–Kier alpha value is -7.37. The topological polar surface area (TPSA) is 268 Å². The van der Waals surface area contributed by atoms with Gasteiger partial charge in [0.2, 0.25) is 35.4 Å². The molecule has 0 saturated carbocycles. The second-order valence-corrected chi connectivity index (χ2v) is 17.6. The van der Waals surface area contributed by atoms with Gasteiger partial charge in [-0.15, -0.1) is 0 Å². The third kappa shape index (κ3) is 16.1. The normalized spacial score (nSPS) is 14.7. The number of amides is 6. The zero-order valence-electron chi connectivity index (χ0n) is 39.2. The molecule has 1 aromatic heterocycles. The quantitative estimate of drug-likeness (QED) is 0.0409. The van der Waals surface area contributed by atoms with Crippen molar-refractivity contribution in [3.63, 3.8) is 0 Å². The van der Waals surface area contributed by atoms with Crippen LogP contribution in [-0.4, -0.2) is 110 Å². The molecule has 10 N–H and O–H groups in total. The largest absolute Gasteiger partial charge is 0.481 e.